The van der Waals surface area contributed by atoms with Crippen molar-refractivity contribution in [3.63, 3.8) is 0 Å². The molecule has 1 heterocycles. The lowest BCUT2D eigenvalue weighted by atomic mass is 10.0. The Morgan fingerprint density at radius 1 is 1.12 bits per heavy atom. The highest BCUT2D eigenvalue weighted by molar-refractivity contribution is 6.24. The predicted octanol–water partition coefficient (Wildman–Crippen LogP) is 2.50. The molecule has 0 aromatic heterocycles. The molecule has 1 aliphatic heterocycles. The number of carbonyl (C=O) groups excluding carboxylic acids is 1. The van der Waals surface area contributed by atoms with E-state index in [1.165, 1.54) is 5.56 Å². The highest BCUT2D eigenvalue weighted by Crippen LogP contribution is 2.24. The standard InChI is InChI=1S/C24H28N6O2/c1-2-16-5-9-19(10-6-16)32-20-11-7-17(8-12-20)22(26)21(24(28)31)23(27)29-18-4-3-13-30(14-18)15-25/h5-12,18H,2-4,13-14,26H2,1H3,(H2,27,29)(H2,28,31). The Labute approximate surface area is 188 Å². The van der Waals surface area contributed by atoms with Crippen LogP contribution in [0.3, 0.4) is 0 Å². The van der Waals surface area contributed by atoms with Gasteiger partial charge < -0.3 is 26.8 Å². The van der Waals surface area contributed by atoms with E-state index < -0.39 is 5.91 Å². The molecule has 2 aromatic carbocycles. The Hall–Kier alpha value is -3.99. The smallest absolute Gasteiger partial charge is 0.254 e. The van der Waals surface area contributed by atoms with Gasteiger partial charge >= 0.3 is 0 Å². The maximum atomic E-state index is 12.1. The van der Waals surface area contributed by atoms with Crippen LogP contribution in [0.5, 0.6) is 11.5 Å². The first-order valence-electron chi connectivity index (χ1n) is 10.6. The van der Waals surface area contributed by atoms with Crippen LogP contribution in [0, 0.1) is 11.5 Å². The van der Waals surface area contributed by atoms with E-state index >= 15 is 0 Å². The molecule has 1 aliphatic rings. The van der Waals surface area contributed by atoms with Gasteiger partial charge in [0.05, 0.1) is 18.3 Å². The SMILES string of the molecule is CCc1ccc(Oc2ccc(C(N)=C(C(N)=O)C(N)=NC3CCCN(C#N)C3)cc2)cc1. The summed E-state index contributed by atoms with van der Waals surface area (Å²) >= 11 is 0. The number of amidine groups is 1. The molecular weight excluding hydrogens is 404 g/mol. The van der Waals surface area contributed by atoms with Crippen molar-refractivity contribution in [1.29, 1.82) is 5.26 Å². The lowest BCUT2D eigenvalue weighted by molar-refractivity contribution is -0.114. The third-order valence-corrected chi connectivity index (χ3v) is 5.36. The molecule has 0 radical (unpaired) electrons. The normalized spacial score (nSPS) is 17.3. The molecule has 1 atom stereocenters. The molecule has 8 heteroatoms. The van der Waals surface area contributed by atoms with E-state index in [1.807, 2.05) is 24.3 Å². The summed E-state index contributed by atoms with van der Waals surface area (Å²) < 4.78 is 5.86. The summed E-state index contributed by atoms with van der Waals surface area (Å²) in [6.07, 6.45) is 4.68. The predicted molar refractivity (Wildman–Crippen MR) is 124 cm³/mol. The maximum absolute atomic E-state index is 12.1. The summed E-state index contributed by atoms with van der Waals surface area (Å²) in [6.45, 7) is 3.25. The minimum absolute atomic E-state index is 0.0175. The third kappa shape index (κ3) is 5.58. The van der Waals surface area contributed by atoms with E-state index in [4.69, 9.17) is 27.2 Å². The molecule has 0 saturated carbocycles. The number of benzene rings is 2. The molecule has 8 nitrogen and oxygen atoms in total. The van der Waals surface area contributed by atoms with Gasteiger partial charge in [-0.3, -0.25) is 9.79 Å². The van der Waals surface area contributed by atoms with Crippen LogP contribution < -0.4 is 21.9 Å². The molecule has 166 valence electrons. The van der Waals surface area contributed by atoms with E-state index in [0.717, 1.165) is 25.0 Å². The zero-order chi connectivity index (χ0) is 23.1. The monoisotopic (exact) mass is 432 g/mol. The summed E-state index contributed by atoms with van der Waals surface area (Å²) in [5, 5.41) is 9.10. The second-order valence-electron chi connectivity index (χ2n) is 7.63. The molecular formula is C24H28N6O2. The van der Waals surface area contributed by atoms with Crippen LogP contribution in [0.4, 0.5) is 0 Å². The number of hydrogen-bond donors (Lipinski definition) is 3. The van der Waals surface area contributed by atoms with Crippen LogP contribution in [0.25, 0.3) is 5.70 Å². The molecule has 1 fully saturated rings. The lowest BCUT2D eigenvalue weighted by Crippen LogP contribution is -2.37. The van der Waals surface area contributed by atoms with Gasteiger partial charge in [-0.2, -0.15) is 5.26 Å². The van der Waals surface area contributed by atoms with Crippen molar-refractivity contribution in [2.45, 2.75) is 32.2 Å². The van der Waals surface area contributed by atoms with Crippen molar-refractivity contribution in [2.75, 3.05) is 13.1 Å². The Morgan fingerprint density at radius 2 is 1.75 bits per heavy atom. The number of likely N-dealkylation sites (tertiary alicyclic amines) is 1. The van der Waals surface area contributed by atoms with Crippen molar-refractivity contribution in [3.05, 3.63) is 65.2 Å². The van der Waals surface area contributed by atoms with Crippen LogP contribution in [0.2, 0.25) is 0 Å². The number of aryl methyl sites for hydroxylation is 1. The minimum atomic E-state index is -0.756. The van der Waals surface area contributed by atoms with Crippen molar-refractivity contribution in [1.82, 2.24) is 4.90 Å². The zero-order valence-corrected chi connectivity index (χ0v) is 18.1. The van der Waals surface area contributed by atoms with E-state index in [9.17, 15) is 4.79 Å². The Balaban J connectivity index is 1.80. The Bertz CT molecular complexity index is 1050. The van der Waals surface area contributed by atoms with Gasteiger partial charge in [-0.25, -0.2) is 0 Å². The molecule has 0 aliphatic carbocycles. The van der Waals surface area contributed by atoms with Gasteiger partial charge in [0.15, 0.2) is 6.19 Å². The number of nitrogens with two attached hydrogens (primary N) is 3. The topological polar surface area (TPSA) is 144 Å². The van der Waals surface area contributed by atoms with Gasteiger partial charge in [0.2, 0.25) is 0 Å². The van der Waals surface area contributed by atoms with E-state index in [0.29, 0.717) is 24.4 Å². The summed E-state index contributed by atoms with van der Waals surface area (Å²) in [5.74, 6) is 0.586. The van der Waals surface area contributed by atoms with E-state index in [2.05, 4.69) is 18.1 Å². The van der Waals surface area contributed by atoms with Gasteiger partial charge in [-0.1, -0.05) is 19.1 Å². The number of hydrogen-bond acceptors (Lipinski definition) is 6. The van der Waals surface area contributed by atoms with Crippen LogP contribution >= 0.6 is 0 Å². The summed E-state index contributed by atoms with van der Waals surface area (Å²) in [7, 11) is 0. The molecule has 32 heavy (non-hydrogen) atoms. The highest BCUT2D eigenvalue weighted by atomic mass is 16.5. The van der Waals surface area contributed by atoms with Gasteiger partial charge in [0.1, 0.15) is 22.9 Å². The molecule has 3 rings (SSSR count). The van der Waals surface area contributed by atoms with Crippen molar-refractivity contribution >= 4 is 17.4 Å². The maximum Gasteiger partial charge on any atom is 0.254 e. The number of amides is 1. The lowest BCUT2D eigenvalue weighted by Gasteiger charge is -2.26. The molecule has 1 amide bonds. The van der Waals surface area contributed by atoms with Gasteiger partial charge in [-0.05, 0) is 66.8 Å². The largest absolute Gasteiger partial charge is 0.457 e. The summed E-state index contributed by atoms with van der Waals surface area (Å²) in [5.41, 5.74) is 19.9. The van der Waals surface area contributed by atoms with Crippen LogP contribution in [-0.2, 0) is 11.2 Å². The first-order valence-corrected chi connectivity index (χ1v) is 10.6. The number of carbonyl (C=O) groups is 1. The highest BCUT2D eigenvalue weighted by Gasteiger charge is 2.22. The van der Waals surface area contributed by atoms with E-state index in [1.54, 1.807) is 29.2 Å². The number of rotatable bonds is 7. The molecule has 0 spiro atoms. The number of nitrogens with zero attached hydrogens (tertiary/aromatic N) is 3. The quantitative estimate of drug-likeness (QED) is 0.265. The average Bonchev–Trinajstić information content (AvgIpc) is 2.80. The Morgan fingerprint density at radius 3 is 2.31 bits per heavy atom. The number of aliphatic imine (C=N–C) groups is 1. The first-order chi connectivity index (χ1) is 15.4. The number of ether oxygens (including phenoxy) is 1. The van der Waals surface area contributed by atoms with Crippen LogP contribution in [0.1, 0.15) is 30.9 Å². The Kier molecular flexibility index (Phi) is 7.34. The molecule has 0 bridgehead atoms. The number of primary amides is 1. The van der Waals surface area contributed by atoms with Gasteiger partial charge in [0, 0.05) is 6.54 Å². The van der Waals surface area contributed by atoms with Gasteiger partial charge in [0.25, 0.3) is 5.91 Å². The fourth-order valence-corrected chi connectivity index (χ4v) is 3.59. The summed E-state index contributed by atoms with van der Waals surface area (Å²) in [6, 6.07) is 14.7. The molecule has 1 saturated heterocycles. The van der Waals surface area contributed by atoms with Gasteiger partial charge in [-0.15, -0.1) is 0 Å². The fraction of sp³-hybridized carbons (Fsp3) is 0.292. The second kappa shape index (κ2) is 10.4. The molecule has 1 unspecified atom stereocenters. The summed E-state index contributed by atoms with van der Waals surface area (Å²) in [4.78, 5) is 18.2. The fourth-order valence-electron chi connectivity index (χ4n) is 3.59. The van der Waals surface area contributed by atoms with Crippen molar-refractivity contribution in [3.8, 4) is 17.7 Å². The van der Waals surface area contributed by atoms with Crippen LogP contribution in [0.15, 0.2) is 59.1 Å². The second-order valence-corrected chi connectivity index (χ2v) is 7.63. The van der Waals surface area contributed by atoms with Crippen molar-refractivity contribution < 1.29 is 9.53 Å². The van der Waals surface area contributed by atoms with Crippen molar-refractivity contribution in [2.24, 2.45) is 22.2 Å². The zero-order valence-electron chi connectivity index (χ0n) is 18.1. The minimum Gasteiger partial charge on any atom is -0.457 e. The first kappa shape index (κ1) is 22.7. The average molecular weight is 433 g/mol. The molecule has 2 aromatic rings. The van der Waals surface area contributed by atoms with Crippen LogP contribution in [-0.4, -0.2) is 35.8 Å². The van der Waals surface area contributed by atoms with E-state index in [-0.39, 0.29) is 23.1 Å². The number of nitriles is 1. The molecule has 6 N–H and O–H groups in total. The third-order valence-electron chi connectivity index (χ3n) is 5.36. The number of piperidine rings is 1.